The van der Waals surface area contributed by atoms with E-state index in [-0.39, 0.29) is 71.4 Å². The number of furan rings is 3. The molecule has 0 N–H and O–H groups in total. The number of aryl methyl sites for hydroxylation is 5. The summed E-state index contributed by atoms with van der Waals surface area (Å²) in [6.07, 6.45) is 21.5. The molecule has 0 spiro atoms. The minimum Gasteiger partial charge on any atom is -0.483 e. The Labute approximate surface area is 712 Å². The minimum atomic E-state index is -2.09. The largest absolute Gasteiger partial charge is 0.483 e. The Morgan fingerprint density at radius 1 is 0.319 bits per heavy atom. The van der Waals surface area contributed by atoms with Gasteiger partial charge in [0.05, 0.1) is 29.9 Å². The number of hydrogen-bond acceptors (Lipinski definition) is 14. The Morgan fingerprint density at radius 2 is 0.690 bits per heavy atom. The van der Waals surface area contributed by atoms with Gasteiger partial charge in [-0.25, -0.2) is 4.98 Å². The Bertz CT molecular complexity index is 6120. The molecule has 3 radical (unpaired) electrons. The van der Waals surface area contributed by atoms with Crippen molar-refractivity contribution in [3.8, 4) is 67.5 Å². The third-order valence-corrected chi connectivity index (χ3v) is 24.0. The molecule has 0 aliphatic heterocycles. The van der Waals surface area contributed by atoms with Gasteiger partial charge in [0.2, 0.25) is 5.71 Å². The first-order valence-electron chi connectivity index (χ1n) is 38.9. The SMILES string of the molecule is C[Si](C)(C)c1ccc(-c2[c-]nc3oc4ccccc4c3c2)nc1.C[Si](C)(C)c1ccc(-c2[c-]nc3oc4ncccc4c3c2)nc1.Cc1cc2c(oc3n[c-]c(-c4ccc([Si](C)(C)C)cn4)cc32)c(C)n1.Cc1ccc(-c2[c-]cccc2)nc1.[2H]C([2H])([2H])c1ccc(-c2[c-]cccc2)nc1.[2H]C([2H])([2H])c1ccc(-c2[c-]cccc2)nc1.[Ir].[Ir].[Ir]. The Balaban J connectivity index is 0.000000151. The minimum absolute atomic E-state index is 0. The molecule has 0 atom stereocenters. The maximum Gasteiger partial charge on any atom is 0.217 e. The summed E-state index contributed by atoms with van der Waals surface area (Å²) in [6, 6.07) is 75.4. The zero-order valence-electron chi connectivity index (χ0n) is 70.3. The van der Waals surface area contributed by atoms with Crippen molar-refractivity contribution in [3.05, 3.63) is 315 Å². The van der Waals surface area contributed by atoms with Crippen LogP contribution in [0.4, 0.5) is 0 Å². The van der Waals surface area contributed by atoms with Crippen molar-refractivity contribution in [2.75, 3.05) is 0 Å². The molecule has 0 unspecified atom stereocenters. The number of nitrogens with zero attached hydrogens (tertiary/aromatic N) is 11. The van der Waals surface area contributed by atoms with Crippen LogP contribution in [0.15, 0.2) is 263 Å². The van der Waals surface area contributed by atoms with Crippen molar-refractivity contribution >= 4 is 106 Å². The van der Waals surface area contributed by atoms with Crippen LogP contribution in [-0.2, 0) is 60.3 Å². The molecule has 0 saturated heterocycles. The molecule has 0 aliphatic carbocycles. The third-order valence-electron chi connectivity index (χ3n) is 17.9. The first-order chi connectivity index (χ1) is 55.4. The molecule has 573 valence electrons. The average molecular weight is 2070 g/mol. The molecular weight excluding hydrogens is 1980 g/mol. The quantitative estimate of drug-likeness (QED) is 0.0983. The Kier molecular flexibility index (Phi) is 25.7. The molecule has 18 rings (SSSR count). The Hall–Kier alpha value is -10.5. The zero-order chi connectivity index (χ0) is 82.1. The molecule has 0 aliphatic rings. The number of fused-ring (bicyclic) bond motifs is 9. The standard InChI is InChI=1S/C20H20N3OSi.C19H17N2OSi.C18H16N3OSi.3C12H10N.3Ir/c1-12-8-16-17-9-14(10-22-20(17)24-19(16)13(2)23-12)18-7-6-15(11-21-18)25(3,4)5;1-23(2,3)14-8-9-17(20-12-14)13-10-16-15-6-4-5-7-18(15)22-19(16)21-11-13;1-23(2,3)13-6-7-16(20-11-13)12-9-15-14-5-4-8-19-17(14)22-18(15)21-10-12;3*1-10-7-8-12(13-9-10)11-5-3-2-4-6-11;;;/h6-9,11H,1-5H3;4-10,12H,1-3H3;4-9,11H,1-3H3;3*2-5,7-9H,1H3;;;/q6*-1;;;/i;;;2*1D3;;;;. The summed E-state index contributed by atoms with van der Waals surface area (Å²) in [5, 5.41) is 10.0. The Morgan fingerprint density at radius 3 is 1.09 bits per heavy atom. The van der Waals surface area contributed by atoms with Gasteiger partial charge in [-0.05, 0) is 160 Å². The first-order valence-corrected chi connectivity index (χ1v) is 46.4. The predicted octanol–water partition coefficient (Wildman–Crippen LogP) is 21.1. The molecule has 4 aromatic carbocycles. The summed E-state index contributed by atoms with van der Waals surface area (Å²) in [5.41, 5.74) is 18.1. The number of pyridine rings is 11. The van der Waals surface area contributed by atoms with Gasteiger partial charge in [-0.2, -0.15) is 0 Å². The molecule has 14 heterocycles. The van der Waals surface area contributed by atoms with Crippen molar-refractivity contribution in [1.82, 2.24) is 54.8 Å². The summed E-state index contributed by atoms with van der Waals surface area (Å²) < 4.78 is 60.7. The van der Waals surface area contributed by atoms with E-state index >= 15 is 0 Å². The van der Waals surface area contributed by atoms with Crippen LogP contribution < -0.4 is 15.6 Å². The van der Waals surface area contributed by atoms with Crippen LogP contribution in [0.2, 0.25) is 58.9 Å². The van der Waals surface area contributed by atoms with Crippen molar-refractivity contribution in [2.24, 2.45) is 0 Å². The van der Waals surface area contributed by atoms with Crippen LogP contribution in [0.25, 0.3) is 134 Å². The normalized spacial score (nSPS) is 12.1. The summed E-state index contributed by atoms with van der Waals surface area (Å²) in [7, 11) is -4.02. The van der Waals surface area contributed by atoms with Gasteiger partial charge in [-0.15, -0.1) is 143 Å². The van der Waals surface area contributed by atoms with Gasteiger partial charge in [0.25, 0.3) is 0 Å². The fourth-order valence-electron chi connectivity index (χ4n) is 11.7. The number of aromatic nitrogens is 11. The van der Waals surface area contributed by atoms with Crippen molar-refractivity contribution in [2.45, 2.75) is 93.4 Å². The van der Waals surface area contributed by atoms with Crippen LogP contribution in [0.5, 0.6) is 0 Å². The van der Waals surface area contributed by atoms with E-state index in [4.69, 9.17) is 21.5 Å². The van der Waals surface area contributed by atoms with E-state index in [9.17, 15) is 0 Å². The molecule has 14 aromatic heterocycles. The van der Waals surface area contributed by atoms with E-state index in [1.54, 1.807) is 42.6 Å². The molecule has 0 bridgehead atoms. The number of rotatable bonds is 9. The molecule has 0 fully saturated rings. The number of hydrogen-bond donors (Lipinski definition) is 0. The second-order valence-electron chi connectivity index (χ2n) is 29.3. The summed E-state index contributed by atoms with van der Waals surface area (Å²) >= 11 is 0. The molecular formula is C93H83Ir3N11O3Si3-6. The van der Waals surface area contributed by atoms with Gasteiger partial charge in [0, 0.05) is 134 Å². The zero-order valence-corrected chi connectivity index (χ0v) is 74.5. The summed E-state index contributed by atoms with van der Waals surface area (Å²) in [6.45, 7) is 22.7. The van der Waals surface area contributed by atoms with Crippen LogP contribution in [0.1, 0.15) is 36.3 Å². The van der Waals surface area contributed by atoms with E-state index < -0.39 is 37.9 Å². The van der Waals surface area contributed by atoms with E-state index in [0.717, 1.165) is 122 Å². The van der Waals surface area contributed by atoms with E-state index in [1.807, 2.05) is 167 Å². The maximum atomic E-state index is 7.23. The topological polar surface area (TPSA) is 181 Å². The van der Waals surface area contributed by atoms with Gasteiger partial charge in [0.1, 0.15) is 28.3 Å². The first kappa shape index (κ1) is 76.5. The van der Waals surface area contributed by atoms with Crippen LogP contribution in [0, 0.1) is 71.3 Å². The van der Waals surface area contributed by atoms with E-state index in [0.29, 0.717) is 22.9 Å². The van der Waals surface area contributed by atoms with Gasteiger partial charge in [-0.3, -0.25) is 4.98 Å². The van der Waals surface area contributed by atoms with Gasteiger partial charge in [-0.1, -0.05) is 150 Å². The molecule has 0 saturated carbocycles. The van der Waals surface area contributed by atoms with Crippen molar-refractivity contribution in [1.29, 1.82) is 0 Å². The van der Waals surface area contributed by atoms with Gasteiger partial charge >= 0.3 is 0 Å². The average Bonchev–Trinajstić information content (AvgIpc) is 1.62. The summed E-state index contributed by atoms with van der Waals surface area (Å²) in [4.78, 5) is 48.2. The predicted molar refractivity (Wildman–Crippen MR) is 454 cm³/mol. The second kappa shape index (κ2) is 37.9. The fraction of sp³-hybridized carbons (Fsp3) is 0.151. The molecule has 0 amide bonds. The van der Waals surface area contributed by atoms with Gasteiger partial charge < -0.3 is 58.1 Å². The van der Waals surface area contributed by atoms with Gasteiger partial charge in [0.15, 0.2) is 0 Å². The monoisotopic (exact) mass is 2070 g/mol. The van der Waals surface area contributed by atoms with Crippen LogP contribution >= 0.6 is 0 Å². The van der Waals surface area contributed by atoms with Crippen LogP contribution in [-0.4, -0.2) is 79.0 Å². The maximum absolute atomic E-state index is 7.23. The van der Waals surface area contributed by atoms with Crippen LogP contribution in [0.3, 0.4) is 0 Å². The second-order valence-corrected chi connectivity index (χ2v) is 44.6. The molecule has 20 heteroatoms. The smallest absolute Gasteiger partial charge is 0.217 e. The third kappa shape index (κ3) is 21.5. The molecule has 113 heavy (non-hydrogen) atoms. The van der Waals surface area contributed by atoms with Crippen molar-refractivity contribution < 1.29 is 81.8 Å². The number of para-hydroxylation sites is 1. The fourth-order valence-corrected chi connectivity index (χ4v) is 14.8. The molecule has 18 aromatic rings. The van der Waals surface area contributed by atoms with Crippen molar-refractivity contribution in [3.63, 3.8) is 0 Å². The van der Waals surface area contributed by atoms with E-state index in [1.165, 1.54) is 33.5 Å². The molecule has 14 nitrogen and oxygen atoms in total. The summed E-state index contributed by atoms with van der Waals surface area (Å²) in [5.74, 6) is 0. The number of benzene rings is 4. The van der Waals surface area contributed by atoms with E-state index in [2.05, 4.69) is 199 Å².